The van der Waals surface area contributed by atoms with Gasteiger partial charge in [-0.1, -0.05) is 24.3 Å². The van der Waals surface area contributed by atoms with Gasteiger partial charge in [-0.25, -0.2) is 4.79 Å². The fourth-order valence-electron chi connectivity index (χ4n) is 3.08. The van der Waals surface area contributed by atoms with Gasteiger partial charge in [0.05, 0.1) is 12.8 Å². The van der Waals surface area contributed by atoms with Crippen LogP contribution in [0.25, 0.3) is 0 Å². The minimum atomic E-state index is -0.693. The molecule has 3 rings (SSSR count). The molecular weight excluding hydrogens is 348 g/mol. The lowest BCUT2D eigenvalue weighted by Gasteiger charge is -2.24. The van der Waals surface area contributed by atoms with Crippen molar-refractivity contribution >= 4 is 29.2 Å². The lowest BCUT2D eigenvalue weighted by Crippen LogP contribution is -2.30. The molecule has 140 valence electrons. The Kier molecular flexibility index (Phi) is 5.40. The molecule has 1 unspecified atom stereocenters. The smallest absolute Gasteiger partial charge is 0.341 e. The molecule has 1 aliphatic rings. The highest BCUT2D eigenvalue weighted by atomic mass is 16.5. The summed E-state index contributed by atoms with van der Waals surface area (Å²) in [7, 11) is 1.21. The maximum absolute atomic E-state index is 12.2. The van der Waals surface area contributed by atoms with Gasteiger partial charge in [0, 0.05) is 18.0 Å². The van der Waals surface area contributed by atoms with Crippen molar-refractivity contribution in [3.63, 3.8) is 0 Å². The average Bonchev–Trinajstić information content (AvgIpc) is 2.67. The number of ether oxygens (including phenoxy) is 1. The van der Waals surface area contributed by atoms with Crippen LogP contribution in [-0.4, -0.2) is 30.0 Å². The number of phenolic OH excluding ortho intramolecular Hbond substituents is 1. The number of nitrogens with one attached hydrogen (secondary N) is 2. The Morgan fingerprint density at radius 1 is 1.22 bits per heavy atom. The Bertz CT molecular complexity index is 894. The van der Waals surface area contributed by atoms with Crippen LogP contribution in [0.1, 0.15) is 28.8 Å². The normalized spacial score (nSPS) is 15.4. The molecule has 1 aliphatic heterocycles. The lowest BCUT2D eigenvalue weighted by atomic mass is 9.89. The summed E-state index contributed by atoms with van der Waals surface area (Å²) in [5.74, 6) is -1.78. The summed E-state index contributed by atoms with van der Waals surface area (Å²) in [5, 5.41) is 15.6. The molecule has 2 aromatic carbocycles. The predicted molar refractivity (Wildman–Crippen MR) is 99.6 cm³/mol. The molecule has 3 N–H and O–H groups in total. The van der Waals surface area contributed by atoms with E-state index in [1.165, 1.54) is 25.3 Å². The van der Waals surface area contributed by atoms with Crippen molar-refractivity contribution in [2.75, 3.05) is 17.7 Å². The number of phenols is 1. The second-order valence-corrected chi connectivity index (χ2v) is 6.33. The quantitative estimate of drug-likeness (QED) is 0.556. The summed E-state index contributed by atoms with van der Waals surface area (Å²) >= 11 is 0. The fourth-order valence-corrected chi connectivity index (χ4v) is 3.08. The van der Waals surface area contributed by atoms with Crippen molar-refractivity contribution < 1.29 is 24.2 Å². The molecule has 7 nitrogen and oxygen atoms in total. The number of rotatable bonds is 5. The molecule has 27 heavy (non-hydrogen) atoms. The van der Waals surface area contributed by atoms with E-state index in [-0.39, 0.29) is 41.2 Å². The summed E-state index contributed by atoms with van der Waals surface area (Å²) in [5.41, 5.74) is 1.96. The minimum absolute atomic E-state index is 0.0291. The second-order valence-electron chi connectivity index (χ2n) is 6.33. The van der Waals surface area contributed by atoms with E-state index in [4.69, 9.17) is 0 Å². The summed E-state index contributed by atoms with van der Waals surface area (Å²) in [6.07, 6.45) is 1.07. The number of benzene rings is 2. The molecule has 2 amide bonds. The van der Waals surface area contributed by atoms with Gasteiger partial charge in [0.1, 0.15) is 5.56 Å². The number of carbonyl (C=O) groups is 3. The third kappa shape index (κ3) is 4.08. The Labute approximate surface area is 156 Å². The Balaban J connectivity index is 1.61. The topological polar surface area (TPSA) is 105 Å². The van der Waals surface area contributed by atoms with Crippen LogP contribution in [0.5, 0.6) is 5.75 Å². The van der Waals surface area contributed by atoms with Gasteiger partial charge in [0.2, 0.25) is 11.8 Å². The molecule has 1 atom stereocenters. The molecule has 0 radical (unpaired) electrons. The summed E-state index contributed by atoms with van der Waals surface area (Å²) < 4.78 is 4.59. The highest BCUT2D eigenvalue weighted by Gasteiger charge is 2.26. The number of para-hydroxylation sites is 2. The van der Waals surface area contributed by atoms with E-state index in [1.807, 2.05) is 24.3 Å². The summed E-state index contributed by atoms with van der Waals surface area (Å²) in [6, 6.07) is 12.0. The number of methoxy groups -OCH3 is 1. The first-order chi connectivity index (χ1) is 13.0. The van der Waals surface area contributed by atoms with Crippen molar-refractivity contribution in [2.45, 2.75) is 19.3 Å². The number of carbonyl (C=O) groups excluding carboxylic acids is 3. The van der Waals surface area contributed by atoms with Crippen LogP contribution < -0.4 is 10.6 Å². The Morgan fingerprint density at radius 3 is 2.78 bits per heavy atom. The van der Waals surface area contributed by atoms with Gasteiger partial charge in [0.15, 0.2) is 5.75 Å². The van der Waals surface area contributed by atoms with Crippen molar-refractivity contribution in [3.05, 3.63) is 53.6 Å². The number of hydrogen-bond acceptors (Lipinski definition) is 5. The van der Waals surface area contributed by atoms with Crippen LogP contribution in [0.3, 0.4) is 0 Å². The maximum atomic E-state index is 12.2. The van der Waals surface area contributed by atoms with E-state index in [0.717, 1.165) is 11.3 Å². The molecule has 0 aliphatic carbocycles. The van der Waals surface area contributed by atoms with Crippen LogP contribution in [0.15, 0.2) is 42.5 Å². The van der Waals surface area contributed by atoms with Crippen LogP contribution in [-0.2, 0) is 20.7 Å². The third-order valence-electron chi connectivity index (χ3n) is 4.55. The maximum Gasteiger partial charge on any atom is 0.341 e. The monoisotopic (exact) mass is 368 g/mol. The molecule has 0 bridgehead atoms. The highest BCUT2D eigenvalue weighted by molar-refractivity contribution is 5.99. The van der Waals surface area contributed by atoms with Crippen LogP contribution in [0.4, 0.5) is 11.4 Å². The first-order valence-corrected chi connectivity index (χ1v) is 8.58. The number of esters is 1. The zero-order valence-corrected chi connectivity index (χ0v) is 14.8. The van der Waals surface area contributed by atoms with E-state index in [0.29, 0.717) is 12.8 Å². The van der Waals surface area contributed by atoms with Gasteiger partial charge in [-0.3, -0.25) is 9.59 Å². The van der Waals surface area contributed by atoms with Gasteiger partial charge in [-0.05, 0) is 36.6 Å². The number of anilines is 2. The van der Waals surface area contributed by atoms with Gasteiger partial charge in [0.25, 0.3) is 0 Å². The zero-order valence-electron chi connectivity index (χ0n) is 14.8. The van der Waals surface area contributed by atoms with E-state index in [2.05, 4.69) is 15.4 Å². The van der Waals surface area contributed by atoms with Crippen molar-refractivity contribution in [3.8, 4) is 5.75 Å². The third-order valence-corrected chi connectivity index (χ3v) is 4.55. The van der Waals surface area contributed by atoms with E-state index < -0.39 is 5.97 Å². The fraction of sp³-hybridized carbons (Fsp3) is 0.250. The minimum Gasteiger partial charge on any atom is -0.505 e. The molecule has 0 saturated carbocycles. The van der Waals surface area contributed by atoms with Crippen molar-refractivity contribution in [1.29, 1.82) is 0 Å². The van der Waals surface area contributed by atoms with Crippen molar-refractivity contribution in [1.82, 2.24) is 0 Å². The predicted octanol–water partition coefficient (Wildman–Crippen LogP) is 2.71. The van der Waals surface area contributed by atoms with Crippen LogP contribution in [0, 0.1) is 5.92 Å². The molecule has 1 heterocycles. The first kappa shape index (κ1) is 18.4. The number of fused-ring (bicyclic) bond motifs is 1. The molecule has 0 aromatic heterocycles. The largest absolute Gasteiger partial charge is 0.505 e. The molecule has 2 aromatic rings. The molecule has 0 fully saturated rings. The second kappa shape index (κ2) is 7.90. The Hall–Kier alpha value is -3.35. The Morgan fingerprint density at radius 2 is 2.00 bits per heavy atom. The first-order valence-electron chi connectivity index (χ1n) is 8.58. The van der Waals surface area contributed by atoms with Gasteiger partial charge < -0.3 is 20.5 Å². The molecular formula is C20H20N2O5. The summed E-state index contributed by atoms with van der Waals surface area (Å²) in [4.78, 5) is 36.0. The van der Waals surface area contributed by atoms with E-state index in [9.17, 15) is 19.5 Å². The molecule has 0 saturated heterocycles. The number of amides is 2. The van der Waals surface area contributed by atoms with E-state index in [1.54, 1.807) is 0 Å². The number of hydrogen-bond donors (Lipinski definition) is 3. The van der Waals surface area contributed by atoms with Gasteiger partial charge in [-0.2, -0.15) is 0 Å². The zero-order chi connectivity index (χ0) is 19.4. The summed E-state index contributed by atoms with van der Waals surface area (Å²) in [6.45, 7) is 0. The van der Waals surface area contributed by atoms with E-state index >= 15 is 0 Å². The number of aromatic hydroxyl groups is 1. The van der Waals surface area contributed by atoms with Crippen LogP contribution in [0.2, 0.25) is 0 Å². The van der Waals surface area contributed by atoms with Gasteiger partial charge in [-0.15, -0.1) is 0 Å². The lowest BCUT2D eigenvalue weighted by molar-refractivity contribution is -0.121. The van der Waals surface area contributed by atoms with Crippen LogP contribution >= 0.6 is 0 Å². The standard InChI is InChI=1S/C20H20N2O5/c1-27-20(26)14-6-4-8-16(18(14)24)21-17(23)10-9-13-11-12-5-2-3-7-15(12)22-19(13)25/h2-8,13,24H,9-11H2,1H3,(H,21,23)(H,22,25). The molecule has 0 spiro atoms. The SMILES string of the molecule is COC(=O)c1cccc(NC(=O)CCC2Cc3ccccc3NC2=O)c1O. The average molecular weight is 368 g/mol. The highest BCUT2D eigenvalue weighted by Crippen LogP contribution is 2.30. The van der Waals surface area contributed by atoms with Crippen molar-refractivity contribution in [2.24, 2.45) is 5.92 Å². The molecule has 7 heteroatoms. The van der Waals surface area contributed by atoms with Gasteiger partial charge >= 0.3 is 5.97 Å².